The Bertz CT molecular complexity index is 3010. The fourth-order valence-corrected chi connectivity index (χ4v) is 8.41. The molecule has 2 aromatic heterocycles. The molecule has 62 heavy (non-hydrogen) atoms. The van der Waals surface area contributed by atoms with Gasteiger partial charge >= 0.3 is 0 Å². The third-order valence-corrected chi connectivity index (χ3v) is 11.6. The van der Waals surface area contributed by atoms with Crippen molar-refractivity contribution in [3.05, 3.63) is 231 Å². The minimum atomic E-state index is 0.700. The SMILES string of the molecule is c1ccc(-c2cc(-c3ccccc3)nc(-c3ccc(-c4cccc5c4ccc4c(-c6ccc(-c7nc(-c8ccccc8)cc(-c8ccccc8)n7)cc6)cccc45)cc3)n2)cc1. The molecular weight excluding hydrogens is 753 g/mol. The van der Waals surface area contributed by atoms with Crippen LogP contribution in [0.2, 0.25) is 0 Å². The van der Waals surface area contributed by atoms with E-state index in [9.17, 15) is 0 Å². The molecule has 0 N–H and O–H groups in total. The highest BCUT2D eigenvalue weighted by Crippen LogP contribution is 2.38. The summed E-state index contributed by atoms with van der Waals surface area (Å²) in [7, 11) is 0. The van der Waals surface area contributed by atoms with Crippen LogP contribution in [0.5, 0.6) is 0 Å². The number of benzene rings is 9. The maximum Gasteiger partial charge on any atom is 0.160 e. The van der Waals surface area contributed by atoms with E-state index < -0.39 is 0 Å². The van der Waals surface area contributed by atoms with Crippen LogP contribution in [0, 0.1) is 0 Å². The molecule has 2 heterocycles. The molecule has 0 spiro atoms. The first kappa shape index (κ1) is 36.7. The zero-order valence-corrected chi connectivity index (χ0v) is 33.7. The largest absolute Gasteiger partial charge is 0.228 e. The van der Waals surface area contributed by atoms with Crippen molar-refractivity contribution >= 4 is 21.5 Å². The number of hydrogen-bond acceptors (Lipinski definition) is 4. The highest BCUT2D eigenvalue weighted by molar-refractivity contribution is 6.15. The van der Waals surface area contributed by atoms with Gasteiger partial charge in [0.15, 0.2) is 11.6 Å². The quantitative estimate of drug-likeness (QED) is 0.144. The van der Waals surface area contributed by atoms with Gasteiger partial charge in [-0.15, -0.1) is 0 Å². The summed E-state index contributed by atoms with van der Waals surface area (Å²) >= 11 is 0. The van der Waals surface area contributed by atoms with E-state index in [0.717, 1.165) is 67.3 Å². The lowest BCUT2D eigenvalue weighted by Gasteiger charge is -2.14. The van der Waals surface area contributed by atoms with E-state index in [1.807, 2.05) is 72.8 Å². The van der Waals surface area contributed by atoms with Crippen LogP contribution in [0.15, 0.2) is 231 Å². The lowest BCUT2D eigenvalue weighted by atomic mass is 9.91. The Morgan fingerprint density at radius 1 is 0.194 bits per heavy atom. The van der Waals surface area contributed by atoms with Crippen molar-refractivity contribution in [2.24, 2.45) is 0 Å². The van der Waals surface area contributed by atoms with Crippen molar-refractivity contribution in [1.29, 1.82) is 0 Å². The maximum atomic E-state index is 5.05. The van der Waals surface area contributed by atoms with Crippen LogP contribution in [0.1, 0.15) is 0 Å². The summed E-state index contributed by atoms with van der Waals surface area (Å²) in [5.74, 6) is 1.40. The smallest absolute Gasteiger partial charge is 0.160 e. The molecule has 0 aliphatic heterocycles. The van der Waals surface area contributed by atoms with Crippen LogP contribution >= 0.6 is 0 Å². The Kier molecular flexibility index (Phi) is 9.49. The molecule has 11 rings (SSSR count). The monoisotopic (exact) mass is 790 g/mol. The van der Waals surface area contributed by atoms with E-state index >= 15 is 0 Å². The summed E-state index contributed by atoms with van der Waals surface area (Å²) in [6.07, 6.45) is 0. The van der Waals surface area contributed by atoms with Gasteiger partial charge in [0.25, 0.3) is 0 Å². The van der Waals surface area contributed by atoms with E-state index in [2.05, 4.69) is 158 Å². The van der Waals surface area contributed by atoms with Crippen LogP contribution in [-0.4, -0.2) is 19.9 Å². The fourth-order valence-electron chi connectivity index (χ4n) is 8.41. The molecular formula is C58H38N4. The van der Waals surface area contributed by atoms with Crippen molar-refractivity contribution in [3.63, 3.8) is 0 Å². The number of hydrogen-bond donors (Lipinski definition) is 0. The lowest BCUT2D eigenvalue weighted by molar-refractivity contribution is 1.18. The van der Waals surface area contributed by atoms with Gasteiger partial charge in [-0.25, -0.2) is 19.9 Å². The Labute approximate surface area is 360 Å². The Morgan fingerprint density at radius 2 is 0.484 bits per heavy atom. The summed E-state index contributed by atoms with van der Waals surface area (Å²) in [5.41, 5.74) is 14.4. The topological polar surface area (TPSA) is 51.6 Å². The number of rotatable bonds is 8. The van der Waals surface area contributed by atoms with E-state index in [0.29, 0.717) is 11.6 Å². The Morgan fingerprint density at radius 3 is 0.790 bits per heavy atom. The van der Waals surface area contributed by atoms with Gasteiger partial charge in [-0.2, -0.15) is 0 Å². The highest BCUT2D eigenvalue weighted by atomic mass is 14.9. The zero-order chi connectivity index (χ0) is 41.2. The van der Waals surface area contributed by atoms with Crippen LogP contribution in [0.3, 0.4) is 0 Å². The van der Waals surface area contributed by atoms with Crippen LogP contribution in [0.4, 0.5) is 0 Å². The summed E-state index contributed by atoms with van der Waals surface area (Å²) in [4.78, 5) is 20.2. The molecule has 0 atom stereocenters. The summed E-state index contributed by atoms with van der Waals surface area (Å²) in [5, 5.41) is 4.85. The zero-order valence-electron chi connectivity index (χ0n) is 33.7. The van der Waals surface area contributed by atoms with Crippen molar-refractivity contribution in [3.8, 4) is 90.1 Å². The van der Waals surface area contributed by atoms with Gasteiger partial charge in [-0.05, 0) is 55.9 Å². The van der Waals surface area contributed by atoms with Crippen LogP contribution < -0.4 is 0 Å². The standard InChI is InChI=1S/C58H38N4/c1-5-15-41(16-6-1)53-37-54(42-17-7-2-8-18-42)60-57(59-53)45-31-27-39(28-32-45)47-23-13-25-49-50-26-14-24-48(52(50)36-35-51(47)49)40-29-33-46(34-30-40)58-61-55(43-19-9-3-10-20-43)38-56(62-58)44-21-11-4-12-22-44/h1-38H. The van der Waals surface area contributed by atoms with Crippen LogP contribution in [-0.2, 0) is 0 Å². The van der Waals surface area contributed by atoms with Crippen molar-refractivity contribution < 1.29 is 0 Å². The van der Waals surface area contributed by atoms with Crippen LogP contribution in [0.25, 0.3) is 112 Å². The first-order valence-corrected chi connectivity index (χ1v) is 20.9. The van der Waals surface area contributed by atoms with Gasteiger partial charge in [0.05, 0.1) is 22.8 Å². The molecule has 0 amide bonds. The average molecular weight is 791 g/mol. The number of fused-ring (bicyclic) bond motifs is 3. The van der Waals surface area contributed by atoms with Crippen molar-refractivity contribution in [2.75, 3.05) is 0 Å². The van der Waals surface area contributed by atoms with Gasteiger partial charge in [0, 0.05) is 33.4 Å². The number of aromatic nitrogens is 4. The normalized spacial score (nSPS) is 11.2. The third-order valence-electron chi connectivity index (χ3n) is 11.6. The Hall–Kier alpha value is -8.34. The minimum Gasteiger partial charge on any atom is -0.228 e. The molecule has 0 aliphatic rings. The first-order chi connectivity index (χ1) is 30.7. The molecule has 0 unspecified atom stereocenters. The second kappa shape index (κ2) is 16.0. The predicted molar refractivity (Wildman–Crippen MR) is 256 cm³/mol. The van der Waals surface area contributed by atoms with Gasteiger partial charge in [0.1, 0.15) is 0 Å². The Balaban J connectivity index is 0.927. The van der Waals surface area contributed by atoms with E-state index in [-0.39, 0.29) is 0 Å². The first-order valence-electron chi connectivity index (χ1n) is 20.9. The molecule has 0 radical (unpaired) electrons. The lowest BCUT2D eigenvalue weighted by Crippen LogP contribution is -1.96. The number of nitrogens with zero attached hydrogens (tertiary/aromatic N) is 4. The maximum absolute atomic E-state index is 5.05. The molecule has 0 saturated heterocycles. The second-order valence-electron chi connectivity index (χ2n) is 15.4. The minimum absolute atomic E-state index is 0.700. The molecule has 4 nitrogen and oxygen atoms in total. The summed E-state index contributed by atoms with van der Waals surface area (Å²) in [6, 6.07) is 80.5. The highest BCUT2D eigenvalue weighted by Gasteiger charge is 2.15. The van der Waals surface area contributed by atoms with Crippen molar-refractivity contribution in [2.45, 2.75) is 0 Å². The average Bonchev–Trinajstić information content (AvgIpc) is 3.37. The third kappa shape index (κ3) is 7.10. The molecule has 290 valence electrons. The molecule has 0 bridgehead atoms. The fraction of sp³-hybridized carbons (Fsp3) is 0. The van der Waals surface area contributed by atoms with E-state index in [1.165, 1.54) is 32.7 Å². The van der Waals surface area contributed by atoms with Gasteiger partial charge in [-0.1, -0.05) is 218 Å². The molecule has 4 heteroatoms. The van der Waals surface area contributed by atoms with E-state index in [1.54, 1.807) is 0 Å². The second-order valence-corrected chi connectivity index (χ2v) is 15.4. The molecule has 11 aromatic rings. The molecule has 0 aliphatic carbocycles. The summed E-state index contributed by atoms with van der Waals surface area (Å²) in [6.45, 7) is 0. The molecule has 0 fully saturated rings. The molecule has 0 saturated carbocycles. The van der Waals surface area contributed by atoms with E-state index in [4.69, 9.17) is 19.9 Å². The van der Waals surface area contributed by atoms with Crippen molar-refractivity contribution in [1.82, 2.24) is 19.9 Å². The predicted octanol–water partition coefficient (Wildman–Crippen LogP) is 14.9. The molecule has 9 aromatic carbocycles. The van der Waals surface area contributed by atoms with Gasteiger partial charge in [0.2, 0.25) is 0 Å². The van der Waals surface area contributed by atoms with Gasteiger partial charge < -0.3 is 0 Å². The summed E-state index contributed by atoms with van der Waals surface area (Å²) < 4.78 is 0. The van der Waals surface area contributed by atoms with Gasteiger partial charge in [-0.3, -0.25) is 0 Å².